The van der Waals surface area contributed by atoms with Gasteiger partial charge in [0.1, 0.15) is 0 Å². The van der Waals surface area contributed by atoms with Crippen molar-refractivity contribution in [3.63, 3.8) is 0 Å². The van der Waals surface area contributed by atoms with E-state index in [1.54, 1.807) is 7.11 Å². The number of nitrogens with one attached hydrogen (secondary N) is 2. The van der Waals surface area contributed by atoms with Gasteiger partial charge in [-0.05, 0) is 12.8 Å². The summed E-state index contributed by atoms with van der Waals surface area (Å²) in [5.41, 5.74) is 0. The third-order valence-corrected chi connectivity index (χ3v) is 4.01. The fourth-order valence-corrected chi connectivity index (χ4v) is 2.46. The molecule has 1 rings (SSSR count). The molecule has 1 saturated carbocycles. The maximum absolute atomic E-state index is 11.3. The Morgan fingerprint density at radius 3 is 2.57 bits per heavy atom. The quantitative estimate of drug-likeness (QED) is 0.533. The molecule has 0 amide bonds. The molecule has 0 aliphatic heterocycles. The molecule has 6 heteroatoms. The maximum Gasteiger partial charge on any atom is 0.214 e. The van der Waals surface area contributed by atoms with E-state index in [-0.39, 0.29) is 5.25 Å². The Labute approximate surface area is 85.3 Å². The first-order chi connectivity index (χ1) is 6.67. The molecule has 1 aliphatic carbocycles. The number of methoxy groups -OCH3 is 1. The summed E-state index contributed by atoms with van der Waals surface area (Å²) in [4.78, 5) is 0. The maximum atomic E-state index is 11.3. The van der Waals surface area contributed by atoms with Gasteiger partial charge < -0.3 is 10.1 Å². The molecule has 1 fully saturated rings. The highest BCUT2D eigenvalue weighted by molar-refractivity contribution is 7.90. The Kier molecular flexibility index (Phi) is 4.80. The molecule has 14 heavy (non-hydrogen) atoms. The molecule has 5 nitrogen and oxygen atoms in total. The minimum atomic E-state index is -3.00. The summed E-state index contributed by atoms with van der Waals surface area (Å²) >= 11 is 0. The van der Waals surface area contributed by atoms with Crippen LogP contribution in [-0.4, -0.2) is 47.0 Å². The Morgan fingerprint density at radius 1 is 1.29 bits per heavy atom. The van der Waals surface area contributed by atoms with Crippen LogP contribution in [-0.2, 0) is 14.8 Å². The van der Waals surface area contributed by atoms with Crippen LogP contribution >= 0.6 is 0 Å². The van der Waals surface area contributed by atoms with Gasteiger partial charge in [0, 0.05) is 26.7 Å². The highest BCUT2D eigenvalue weighted by atomic mass is 32.2. The van der Waals surface area contributed by atoms with Crippen LogP contribution in [0.15, 0.2) is 0 Å². The third-order valence-electron chi connectivity index (χ3n) is 2.05. The van der Waals surface area contributed by atoms with Crippen LogP contribution in [0.4, 0.5) is 0 Å². The van der Waals surface area contributed by atoms with Crippen LogP contribution in [0.3, 0.4) is 0 Å². The monoisotopic (exact) mass is 222 g/mol. The molecule has 0 atom stereocenters. The van der Waals surface area contributed by atoms with Gasteiger partial charge in [-0.2, -0.15) is 0 Å². The van der Waals surface area contributed by atoms with Crippen LogP contribution in [0.25, 0.3) is 0 Å². The normalized spacial score (nSPS) is 17.2. The van der Waals surface area contributed by atoms with E-state index in [1.807, 2.05) is 0 Å². The van der Waals surface area contributed by atoms with Gasteiger partial charge >= 0.3 is 0 Å². The van der Waals surface area contributed by atoms with Gasteiger partial charge in [-0.15, -0.1) is 0 Å². The molecule has 2 N–H and O–H groups in total. The Morgan fingerprint density at radius 2 is 2.00 bits per heavy atom. The van der Waals surface area contributed by atoms with Crippen LogP contribution < -0.4 is 10.0 Å². The van der Waals surface area contributed by atoms with Crippen molar-refractivity contribution < 1.29 is 13.2 Å². The molecule has 0 aromatic heterocycles. The second-order valence-electron chi connectivity index (χ2n) is 3.38. The molecular weight excluding hydrogens is 204 g/mol. The lowest BCUT2D eigenvalue weighted by molar-refractivity contribution is 0.199. The summed E-state index contributed by atoms with van der Waals surface area (Å²) in [6.45, 7) is 2.51. The van der Waals surface area contributed by atoms with Crippen molar-refractivity contribution in [1.29, 1.82) is 0 Å². The van der Waals surface area contributed by atoms with Crippen LogP contribution in [0.5, 0.6) is 0 Å². The second-order valence-corrected chi connectivity index (χ2v) is 5.43. The fourth-order valence-electron chi connectivity index (χ4n) is 1.08. The lowest BCUT2D eigenvalue weighted by atomic mass is 10.6. The number of sulfonamides is 1. The summed E-state index contributed by atoms with van der Waals surface area (Å²) < 4.78 is 30.0. The van der Waals surface area contributed by atoms with Crippen LogP contribution in [0, 0.1) is 0 Å². The van der Waals surface area contributed by atoms with E-state index in [4.69, 9.17) is 4.74 Å². The van der Waals surface area contributed by atoms with Crippen molar-refractivity contribution in [3.05, 3.63) is 0 Å². The van der Waals surface area contributed by atoms with Gasteiger partial charge in [0.2, 0.25) is 10.0 Å². The standard InChI is InChI=1S/C8H18N2O3S/c1-13-7-6-9-4-5-10-14(11,12)8-2-3-8/h8-10H,2-7H2,1H3. The molecule has 0 aromatic rings. The van der Waals surface area contributed by atoms with E-state index in [0.717, 1.165) is 19.4 Å². The fraction of sp³-hybridized carbons (Fsp3) is 1.00. The number of hydrogen-bond donors (Lipinski definition) is 2. The first-order valence-corrected chi connectivity index (χ1v) is 6.39. The van der Waals surface area contributed by atoms with Gasteiger partial charge in [-0.3, -0.25) is 0 Å². The molecule has 0 heterocycles. The van der Waals surface area contributed by atoms with E-state index < -0.39 is 10.0 Å². The molecule has 0 saturated heterocycles. The topological polar surface area (TPSA) is 67.4 Å². The zero-order valence-electron chi connectivity index (χ0n) is 8.45. The van der Waals surface area contributed by atoms with Crippen molar-refractivity contribution in [3.8, 4) is 0 Å². The zero-order valence-corrected chi connectivity index (χ0v) is 9.27. The van der Waals surface area contributed by atoms with Crippen LogP contribution in [0.1, 0.15) is 12.8 Å². The molecule has 0 radical (unpaired) electrons. The predicted molar refractivity (Wildman–Crippen MR) is 54.7 cm³/mol. The molecule has 0 unspecified atom stereocenters. The van der Waals surface area contributed by atoms with Gasteiger partial charge in [-0.1, -0.05) is 0 Å². The molecule has 1 aliphatic rings. The smallest absolute Gasteiger partial charge is 0.214 e. The van der Waals surface area contributed by atoms with E-state index in [1.165, 1.54) is 0 Å². The van der Waals surface area contributed by atoms with Crippen LogP contribution in [0.2, 0.25) is 0 Å². The number of hydrogen-bond acceptors (Lipinski definition) is 4. The van der Waals surface area contributed by atoms with Crippen molar-refractivity contribution in [1.82, 2.24) is 10.0 Å². The van der Waals surface area contributed by atoms with Crippen molar-refractivity contribution in [2.45, 2.75) is 18.1 Å². The van der Waals surface area contributed by atoms with Crippen molar-refractivity contribution in [2.75, 3.05) is 33.4 Å². The Balaban J connectivity index is 1.98. The largest absolute Gasteiger partial charge is 0.383 e. The predicted octanol–water partition coefficient (Wildman–Crippen LogP) is -0.696. The lowest BCUT2D eigenvalue weighted by Crippen LogP contribution is -2.34. The SMILES string of the molecule is COCCNCCNS(=O)(=O)C1CC1. The van der Waals surface area contributed by atoms with Crippen molar-refractivity contribution in [2.24, 2.45) is 0 Å². The number of ether oxygens (including phenoxy) is 1. The second kappa shape index (κ2) is 5.65. The van der Waals surface area contributed by atoms with Crippen molar-refractivity contribution >= 4 is 10.0 Å². The molecule has 84 valence electrons. The average Bonchev–Trinajstić information content (AvgIpc) is 2.94. The van der Waals surface area contributed by atoms with Gasteiger partial charge in [-0.25, -0.2) is 13.1 Å². The van der Waals surface area contributed by atoms with Gasteiger partial charge in [0.15, 0.2) is 0 Å². The Hall–Kier alpha value is -0.170. The summed E-state index contributed by atoms with van der Waals surface area (Å²) in [5, 5.41) is 2.94. The van der Waals surface area contributed by atoms with Gasteiger partial charge in [0.05, 0.1) is 11.9 Å². The lowest BCUT2D eigenvalue weighted by Gasteiger charge is -2.06. The number of rotatable bonds is 8. The van der Waals surface area contributed by atoms with E-state index >= 15 is 0 Å². The molecular formula is C8H18N2O3S. The van der Waals surface area contributed by atoms with E-state index in [0.29, 0.717) is 19.7 Å². The minimum Gasteiger partial charge on any atom is -0.383 e. The summed E-state index contributed by atoms with van der Waals surface area (Å²) in [7, 11) is -1.36. The first kappa shape index (κ1) is 11.9. The molecule has 0 spiro atoms. The van der Waals surface area contributed by atoms with Gasteiger partial charge in [0.25, 0.3) is 0 Å². The summed E-state index contributed by atoms with van der Waals surface area (Å²) in [6, 6.07) is 0. The zero-order chi connectivity index (χ0) is 10.4. The average molecular weight is 222 g/mol. The Bertz CT molecular complexity index is 249. The molecule has 0 bridgehead atoms. The highest BCUT2D eigenvalue weighted by Crippen LogP contribution is 2.26. The summed E-state index contributed by atoms with van der Waals surface area (Å²) in [6.07, 6.45) is 1.62. The third kappa shape index (κ3) is 4.36. The molecule has 0 aromatic carbocycles. The summed E-state index contributed by atoms with van der Waals surface area (Å²) in [5.74, 6) is 0. The van der Waals surface area contributed by atoms with E-state index in [9.17, 15) is 8.42 Å². The first-order valence-electron chi connectivity index (χ1n) is 4.85. The minimum absolute atomic E-state index is 0.124. The highest BCUT2D eigenvalue weighted by Gasteiger charge is 2.34. The van der Waals surface area contributed by atoms with E-state index in [2.05, 4.69) is 10.0 Å².